The van der Waals surface area contributed by atoms with E-state index in [0.717, 1.165) is 26.2 Å². The summed E-state index contributed by atoms with van der Waals surface area (Å²) in [5.41, 5.74) is 0.540. The molecule has 2 atom stereocenters. The van der Waals surface area contributed by atoms with Crippen LogP contribution in [0.1, 0.15) is 9.67 Å². The van der Waals surface area contributed by atoms with Crippen LogP contribution in [0.15, 0.2) is 11.4 Å². The van der Waals surface area contributed by atoms with Crippen molar-refractivity contribution in [2.45, 2.75) is 0 Å². The fourth-order valence-electron chi connectivity index (χ4n) is 3.13. The predicted molar refractivity (Wildman–Crippen MR) is 80.6 cm³/mol. The number of ether oxygens (including phenoxy) is 1. The Balaban J connectivity index is 1.55. The second-order valence-electron chi connectivity index (χ2n) is 5.58. The summed E-state index contributed by atoms with van der Waals surface area (Å²) in [5.74, 6) is 0.850. The van der Waals surface area contributed by atoms with Crippen molar-refractivity contribution in [2.75, 3.05) is 45.2 Å². The molecule has 0 unspecified atom stereocenters. The number of carbonyl (C=O) groups is 2. The van der Waals surface area contributed by atoms with Crippen LogP contribution >= 0.6 is 11.3 Å². The number of likely N-dealkylation sites (tertiary alicyclic amines) is 1. The molecule has 0 spiro atoms. The predicted octanol–water partition coefficient (Wildman–Crippen LogP) is 0.624. The second-order valence-corrected chi connectivity index (χ2v) is 6.49. The van der Waals surface area contributed by atoms with Crippen LogP contribution in [-0.2, 0) is 9.53 Å². The van der Waals surface area contributed by atoms with Gasteiger partial charge in [-0.2, -0.15) is 0 Å². The van der Waals surface area contributed by atoms with E-state index in [1.807, 2.05) is 0 Å². The van der Waals surface area contributed by atoms with Gasteiger partial charge in [-0.1, -0.05) is 0 Å². The van der Waals surface area contributed by atoms with E-state index >= 15 is 0 Å². The minimum atomic E-state index is -0.415. The first kappa shape index (κ1) is 14.5. The van der Waals surface area contributed by atoms with Gasteiger partial charge >= 0.3 is 5.97 Å². The van der Waals surface area contributed by atoms with Crippen molar-refractivity contribution in [1.29, 1.82) is 0 Å². The standard InChI is InChI=1S/C14H19N3O3S/c1-20-14(19)13-11(2-3-21-13)16-12(18)8-17-6-9-4-15-5-10(9)7-17/h2-3,9-10,15H,4-8H2,1H3,(H,16,18)/t9-,10+. The fourth-order valence-corrected chi connectivity index (χ4v) is 3.90. The van der Waals surface area contributed by atoms with Crippen molar-refractivity contribution in [3.8, 4) is 0 Å². The molecule has 6 nitrogen and oxygen atoms in total. The average Bonchev–Trinajstić information content (AvgIpc) is 3.13. The maximum Gasteiger partial charge on any atom is 0.350 e. The molecule has 114 valence electrons. The summed E-state index contributed by atoms with van der Waals surface area (Å²) < 4.78 is 4.70. The van der Waals surface area contributed by atoms with Crippen LogP contribution in [0.3, 0.4) is 0 Å². The Labute approximate surface area is 127 Å². The number of esters is 1. The van der Waals surface area contributed by atoms with Gasteiger partial charge in [-0.3, -0.25) is 9.69 Å². The Bertz CT molecular complexity index is 533. The molecule has 3 heterocycles. The highest BCUT2D eigenvalue weighted by molar-refractivity contribution is 7.12. The van der Waals surface area contributed by atoms with Crippen LogP contribution in [0.25, 0.3) is 0 Å². The van der Waals surface area contributed by atoms with Crippen LogP contribution in [0.5, 0.6) is 0 Å². The van der Waals surface area contributed by atoms with Crippen molar-refractivity contribution < 1.29 is 14.3 Å². The molecular formula is C14H19N3O3S. The normalized spacial score (nSPS) is 24.8. The first-order valence-electron chi connectivity index (χ1n) is 7.06. The van der Waals surface area contributed by atoms with Crippen molar-refractivity contribution in [1.82, 2.24) is 10.2 Å². The van der Waals surface area contributed by atoms with Crippen LogP contribution in [0.2, 0.25) is 0 Å². The third kappa shape index (κ3) is 3.09. The summed E-state index contributed by atoms with van der Waals surface area (Å²) in [7, 11) is 1.34. The molecule has 3 rings (SSSR count). The maximum atomic E-state index is 12.1. The lowest BCUT2D eigenvalue weighted by atomic mass is 10.0. The summed E-state index contributed by atoms with van der Waals surface area (Å²) in [4.78, 5) is 26.3. The number of nitrogens with one attached hydrogen (secondary N) is 2. The van der Waals surface area contributed by atoms with Crippen LogP contribution in [0, 0.1) is 11.8 Å². The van der Waals surface area contributed by atoms with Gasteiger partial charge < -0.3 is 15.4 Å². The molecule has 2 aliphatic rings. The Hall–Kier alpha value is -1.44. The van der Waals surface area contributed by atoms with Gasteiger partial charge in [0, 0.05) is 13.1 Å². The number of fused-ring (bicyclic) bond motifs is 1. The van der Waals surface area contributed by atoms with Gasteiger partial charge in [0.25, 0.3) is 0 Å². The first-order chi connectivity index (χ1) is 10.2. The molecular weight excluding hydrogens is 290 g/mol. The summed E-state index contributed by atoms with van der Waals surface area (Å²) in [6, 6.07) is 1.73. The molecule has 1 aromatic heterocycles. The molecule has 21 heavy (non-hydrogen) atoms. The number of thiophene rings is 1. The quantitative estimate of drug-likeness (QED) is 0.798. The number of hydrogen-bond acceptors (Lipinski definition) is 6. The number of amides is 1. The van der Waals surface area contributed by atoms with Gasteiger partial charge in [0.1, 0.15) is 4.88 Å². The average molecular weight is 309 g/mol. The molecule has 1 aromatic rings. The van der Waals surface area contributed by atoms with Crippen molar-refractivity contribution in [3.63, 3.8) is 0 Å². The largest absolute Gasteiger partial charge is 0.465 e. The number of anilines is 1. The van der Waals surface area contributed by atoms with E-state index in [0.29, 0.717) is 28.9 Å². The van der Waals surface area contributed by atoms with Gasteiger partial charge in [-0.15, -0.1) is 11.3 Å². The molecule has 0 aliphatic carbocycles. The van der Waals surface area contributed by atoms with Crippen LogP contribution < -0.4 is 10.6 Å². The van der Waals surface area contributed by atoms with E-state index in [-0.39, 0.29) is 5.91 Å². The van der Waals surface area contributed by atoms with E-state index in [2.05, 4.69) is 15.5 Å². The number of rotatable bonds is 4. The number of carbonyl (C=O) groups excluding carboxylic acids is 2. The SMILES string of the molecule is COC(=O)c1sccc1NC(=O)CN1C[C@H]2CNC[C@H]2C1. The van der Waals surface area contributed by atoms with Crippen molar-refractivity contribution in [3.05, 3.63) is 16.3 Å². The number of nitrogens with zero attached hydrogens (tertiary/aromatic N) is 1. The summed E-state index contributed by atoms with van der Waals surface area (Å²) in [6.07, 6.45) is 0. The van der Waals surface area contributed by atoms with E-state index in [1.165, 1.54) is 18.4 Å². The van der Waals surface area contributed by atoms with Gasteiger partial charge in [-0.25, -0.2) is 4.79 Å². The maximum absolute atomic E-state index is 12.1. The third-order valence-corrected chi connectivity index (χ3v) is 5.04. The van der Waals surface area contributed by atoms with E-state index in [1.54, 1.807) is 11.4 Å². The summed E-state index contributed by atoms with van der Waals surface area (Å²) in [5, 5.41) is 7.97. The number of hydrogen-bond donors (Lipinski definition) is 2. The van der Waals surface area contributed by atoms with E-state index in [4.69, 9.17) is 4.74 Å². The smallest absolute Gasteiger partial charge is 0.350 e. The minimum absolute atomic E-state index is 0.0773. The lowest BCUT2D eigenvalue weighted by Crippen LogP contribution is -2.33. The molecule has 2 saturated heterocycles. The Morgan fingerprint density at radius 1 is 1.43 bits per heavy atom. The first-order valence-corrected chi connectivity index (χ1v) is 7.94. The number of methoxy groups -OCH3 is 1. The summed E-state index contributed by atoms with van der Waals surface area (Å²) >= 11 is 1.27. The molecule has 0 saturated carbocycles. The molecule has 2 aliphatic heterocycles. The van der Waals surface area contributed by atoms with Crippen molar-refractivity contribution >= 4 is 28.9 Å². The van der Waals surface area contributed by atoms with E-state index in [9.17, 15) is 9.59 Å². The summed E-state index contributed by atoms with van der Waals surface area (Å²) in [6.45, 7) is 4.43. The third-order valence-electron chi connectivity index (χ3n) is 4.14. The highest BCUT2D eigenvalue weighted by Gasteiger charge is 2.36. The zero-order valence-electron chi connectivity index (χ0n) is 11.9. The van der Waals surface area contributed by atoms with Gasteiger partial charge in [0.05, 0.1) is 19.3 Å². The molecule has 7 heteroatoms. The zero-order valence-corrected chi connectivity index (χ0v) is 12.7. The second kappa shape index (κ2) is 6.13. The molecule has 2 N–H and O–H groups in total. The Morgan fingerprint density at radius 2 is 2.14 bits per heavy atom. The van der Waals surface area contributed by atoms with Crippen LogP contribution in [-0.4, -0.2) is 56.6 Å². The van der Waals surface area contributed by atoms with E-state index < -0.39 is 5.97 Å². The van der Waals surface area contributed by atoms with Crippen molar-refractivity contribution in [2.24, 2.45) is 11.8 Å². The molecule has 2 fully saturated rings. The van der Waals surface area contributed by atoms with Gasteiger partial charge in [0.2, 0.25) is 5.91 Å². The lowest BCUT2D eigenvalue weighted by molar-refractivity contribution is -0.117. The Kier molecular flexibility index (Phi) is 4.23. The highest BCUT2D eigenvalue weighted by atomic mass is 32.1. The molecule has 0 bridgehead atoms. The fraction of sp³-hybridized carbons (Fsp3) is 0.571. The zero-order chi connectivity index (χ0) is 14.8. The topological polar surface area (TPSA) is 70.7 Å². The lowest BCUT2D eigenvalue weighted by Gasteiger charge is -2.16. The van der Waals surface area contributed by atoms with Crippen LogP contribution in [0.4, 0.5) is 5.69 Å². The van der Waals surface area contributed by atoms with Gasteiger partial charge in [0.15, 0.2) is 0 Å². The molecule has 1 amide bonds. The highest BCUT2D eigenvalue weighted by Crippen LogP contribution is 2.26. The Morgan fingerprint density at radius 3 is 2.81 bits per heavy atom. The monoisotopic (exact) mass is 309 g/mol. The molecule has 0 aromatic carbocycles. The molecule has 0 radical (unpaired) electrons. The minimum Gasteiger partial charge on any atom is -0.465 e. The van der Waals surface area contributed by atoms with Gasteiger partial charge in [-0.05, 0) is 36.4 Å².